The number of nitrogens with one attached hydrogen (secondary N) is 2. The van der Waals surface area contributed by atoms with Gasteiger partial charge in [-0.1, -0.05) is 0 Å². The number of ether oxygens (including phenoxy) is 2. The fourth-order valence-corrected chi connectivity index (χ4v) is 2.31. The molecule has 1 atom stereocenters. The van der Waals surface area contributed by atoms with Crippen molar-refractivity contribution in [1.82, 2.24) is 10.6 Å². The number of methoxy groups -OCH3 is 1. The first-order valence-corrected chi connectivity index (χ1v) is 8.29. The molecule has 1 heterocycles. The molecule has 0 aliphatic carbocycles. The molecule has 8 heteroatoms. The van der Waals surface area contributed by atoms with Crippen molar-refractivity contribution in [3.05, 3.63) is 23.2 Å². The van der Waals surface area contributed by atoms with Gasteiger partial charge in [-0.2, -0.15) is 0 Å². The third-order valence-electron chi connectivity index (χ3n) is 3.48. The number of nitrogens with zero attached hydrogens (tertiary/aromatic N) is 1. The highest BCUT2D eigenvalue weighted by atomic mass is 127. The van der Waals surface area contributed by atoms with E-state index in [1.807, 2.05) is 26.8 Å². The van der Waals surface area contributed by atoms with Crippen LogP contribution >= 0.6 is 24.0 Å². The van der Waals surface area contributed by atoms with E-state index in [2.05, 4.69) is 15.6 Å². The Morgan fingerprint density at radius 1 is 1.28 bits per heavy atom. The van der Waals surface area contributed by atoms with Gasteiger partial charge in [0, 0.05) is 25.8 Å². The zero-order chi connectivity index (χ0) is 18.0. The molecule has 0 aliphatic heterocycles. The van der Waals surface area contributed by atoms with Crippen LogP contribution in [0, 0.1) is 13.8 Å². The minimum atomic E-state index is -1.08. The summed E-state index contributed by atoms with van der Waals surface area (Å²) >= 11 is 0. The first-order valence-electron chi connectivity index (χ1n) is 8.29. The molecule has 146 valence electrons. The summed E-state index contributed by atoms with van der Waals surface area (Å²) in [5, 5.41) is 17.0. The van der Waals surface area contributed by atoms with E-state index in [0.717, 1.165) is 23.6 Å². The first-order chi connectivity index (χ1) is 11.4. The van der Waals surface area contributed by atoms with Gasteiger partial charge in [0.25, 0.3) is 0 Å². The number of furan rings is 1. The van der Waals surface area contributed by atoms with Crippen molar-refractivity contribution < 1.29 is 19.0 Å². The summed E-state index contributed by atoms with van der Waals surface area (Å²) in [6.07, 6.45) is 0. The SMILES string of the molecule is CCNC(=NCC(C)(O)c1cc(C)oc1C)NCCOCCOC.I. The molecule has 7 nitrogen and oxygen atoms in total. The van der Waals surface area contributed by atoms with Crippen LogP contribution in [0.2, 0.25) is 0 Å². The molecule has 0 bridgehead atoms. The highest BCUT2D eigenvalue weighted by Crippen LogP contribution is 2.27. The Kier molecular flexibility index (Phi) is 12.1. The van der Waals surface area contributed by atoms with Crippen molar-refractivity contribution in [2.45, 2.75) is 33.3 Å². The van der Waals surface area contributed by atoms with Crippen LogP contribution in [0.5, 0.6) is 0 Å². The minimum Gasteiger partial charge on any atom is -0.466 e. The average molecular weight is 469 g/mol. The molecular weight excluding hydrogens is 437 g/mol. The Morgan fingerprint density at radius 3 is 2.56 bits per heavy atom. The number of rotatable bonds is 10. The summed E-state index contributed by atoms with van der Waals surface area (Å²) in [4.78, 5) is 4.47. The summed E-state index contributed by atoms with van der Waals surface area (Å²) < 4.78 is 15.8. The Morgan fingerprint density at radius 2 is 2.00 bits per heavy atom. The Hall–Kier alpha value is -0.840. The second kappa shape index (κ2) is 12.5. The summed E-state index contributed by atoms with van der Waals surface area (Å²) in [7, 11) is 1.65. The zero-order valence-corrected chi connectivity index (χ0v) is 18.2. The fourth-order valence-electron chi connectivity index (χ4n) is 2.31. The van der Waals surface area contributed by atoms with Crippen LogP contribution in [0.3, 0.4) is 0 Å². The Bertz CT molecular complexity index is 518. The normalized spacial score (nSPS) is 13.9. The Balaban J connectivity index is 0.00000576. The smallest absolute Gasteiger partial charge is 0.191 e. The largest absolute Gasteiger partial charge is 0.466 e. The van der Waals surface area contributed by atoms with Crippen molar-refractivity contribution in [2.75, 3.05) is 46.6 Å². The average Bonchev–Trinajstić information content (AvgIpc) is 2.87. The van der Waals surface area contributed by atoms with Gasteiger partial charge in [-0.05, 0) is 33.8 Å². The lowest BCUT2D eigenvalue weighted by Crippen LogP contribution is -2.40. The third kappa shape index (κ3) is 8.89. The third-order valence-corrected chi connectivity index (χ3v) is 3.48. The molecule has 0 saturated heterocycles. The molecule has 1 rings (SSSR count). The van der Waals surface area contributed by atoms with Crippen molar-refractivity contribution in [1.29, 1.82) is 0 Å². The van der Waals surface area contributed by atoms with E-state index >= 15 is 0 Å². The molecule has 1 aromatic heterocycles. The molecular formula is C17H32IN3O4. The maximum atomic E-state index is 10.7. The lowest BCUT2D eigenvalue weighted by atomic mass is 9.96. The van der Waals surface area contributed by atoms with Crippen LogP contribution in [0.25, 0.3) is 0 Å². The molecule has 3 N–H and O–H groups in total. The van der Waals surface area contributed by atoms with Gasteiger partial charge < -0.3 is 29.6 Å². The predicted molar refractivity (Wildman–Crippen MR) is 110 cm³/mol. The van der Waals surface area contributed by atoms with E-state index in [-0.39, 0.29) is 30.5 Å². The maximum absolute atomic E-state index is 10.7. The van der Waals surface area contributed by atoms with Gasteiger partial charge >= 0.3 is 0 Å². The number of aliphatic hydroxyl groups is 1. The van der Waals surface area contributed by atoms with Gasteiger partial charge in [0.15, 0.2) is 5.96 Å². The van der Waals surface area contributed by atoms with Gasteiger partial charge in [-0.15, -0.1) is 24.0 Å². The lowest BCUT2D eigenvalue weighted by molar-refractivity contribution is 0.0655. The van der Waals surface area contributed by atoms with E-state index in [0.29, 0.717) is 32.3 Å². The van der Waals surface area contributed by atoms with E-state index in [9.17, 15) is 5.11 Å². The molecule has 25 heavy (non-hydrogen) atoms. The summed E-state index contributed by atoms with van der Waals surface area (Å²) in [5.41, 5.74) is -0.318. The highest BCUT2D eigenvalue weighted by molar-refractivity contribution is 14.0. The van der Waals surface area contributed by atoms with Crippen molar-refractivity contribution in [3.8, 4) is 0 Å². The van der Waals surface area contributed by atoms with Crippen LogP contribution < -0.4 is 10.6 Å². The minimum absolute atomic E-state index is 0. The van der Waals surface area contributed by atoms with Gasteiger partial charge in [0.2, 0.25) is 0 Å². The van der Waals surface area contributed by atoms with E-state index in [4.69, 9.17) is 13.9 Å². The van der Waals surface area contributed by atoms with Crippen LogP contribution in [-0.2, 0) is 15.1 Å². The van der Waals surface area contributed by atoms with Crippen molar-refractivity contribution in [3.63, 3.8) is 0 Å². The highest BCUT2D eigenvalue weighted by Gasteiger charge is 2.27. The van der Waals surface area contributed by atoms with Crippen molar-refractivity contribution in [2.24, 2.45) is 4.99 Å². The summed E-state index contributed by atoms with van der Waals surface area (Å²) in [6.45, 7) is 10.8. The number of hydrogen-bond acceptors (Lipinski definition) is 5. The van der Waals surface area contributed by atoms with Gasteiger partial charge in [-0.25, -0.2) is 4.99 Å². The molecule has 0 fully saturated rings. The maximum Gasteiger partial charge on any atom is 0.191 e. The van der Waals surface area contributed by atoms with E-state index in [1.54, 1.807) is 14.0 Å². The molecule has 0 amide bonds. The quantitative estimate of drug-likeness (QED) is 0.210. The van der Waals surface area contributed by atoms with Crippen LogP contribution in [0.15, 0.2) is 15.5 Å². The predicted octanol–water partition coefficient (Wildman–Crippen LogP) is 1.94. The monoisotopic (exact) mass is 469 g/mol. The molecule has 0 aromatic carbocycles. The van der Waals surface area contributed by atoms with E-state index < -0.39 is 5.60 Å². The fraction of sp³-hybridized carbons (Fsp3) is 0.706. The summed E-state index contributed by atoms with van der Waals surface area (Å²) in [5.74, 6) is 2.15. The van der Waals surface area contributed by atoms with Gasteiger partial charge in [-0.3, -0.25) is 0 Å². The van der Waals surface area contributed by atoms with Crippen LogP contribution in [0.1, 0.15) is 30.9 Å². The number of hydrogen-bond donors (Lipinski definition) is 3. The Labute approximate surface area is 167 Å². The second-order valence-electron chi connectivity index (χ2n) is 5.83. The number of guanidine groups is 1. The number of aliphatic imine (C=N–C) groups is 1. The number of halogens is 1. The molecule has 1 aromatic rings. The molecule has 0 radical (unpaired) electrons. The topological polar surface area (TPSA) is 88.3 Å². The molecule has 0 saturated carbocycles. The standard InChI is InChI=1S/C17H31N3O4.HI/c1-6-18-16(19-7-8-23-10-9-22-5)20-12-17(4,21)15-11-13(2)24-14(15)3;/h11,21H,6-10,12H2,1-5H3,(H2,18,19,20);1H. The van der Waals surface area contributed by atoms with Crippen LogP contribution in [0.4, 0.5) is 0 Å². The lowest BCUT2D eigenvalue weighted by Gasteiger charge is -2.21. The molecule has 1 unspecified atom stereocenters. The number of aryl methyl sites for hydroxylation is 2. The molecule has 0 aliphatic rings. The van der Waals surface area contributed by atoms with Gasteiger partial charge in [0.05, 0.1) is 26.4 Å². The summed E-state index contributed by atoms with van der Waals surface area (Å²) in [6, 6.07) is 1.86. The van der Waals surface area contributed by atoms with Gasteiger partial charge in [0.1, 0.15) is 17.1 Å². The van der Waals surface area contributed by atoms with Crippen LogP contribution in [-0.4, -0.2) is 57.6 Å². The second-order valence-corrected chi connectivity index (χ2v) is 5.83. The first kappa shape index (κ1) is 24.2. The van der Waals surface area contributed by atoms with Crippen molar-refractivity contribution >= 4 is 29.9 Å². The van der Waals surface area contributed by atoms with E-state index in [1.165, 1.54) is 0 Å². The zero-order valence-electron chi connectivity index (χ0n) is 15.8. The molecule has 0 spiro atoms.